The fraction of sp³-hybridized carbons (Fsp3) is 0.542. The van der Waals surface area contributed by atoms with Crippen LogP contribution < -0.4 is 0 Å². The third-order valence-electron chi connectivity index (χ3n) is 4.97. The van der Waals surface area contributed by atoms with Crippen LogP contribution in [0.25, 0.3) is 0 Å². The van der Waals surface area contributed by atoms with Crippen molar-refractivity contribution >= 4 is 17.5 Å². The van der Waals surface area contributed by atoms with E-state index in [1.165, 1.54) is 13.2 Å². The predicted molar refractivity (Wildman–Crippen MR) is 116 cm³/mol. The lowest BCUT2D eigenvalue weighted by Crippen LogP contribution is -2.20. The van der Waals surface area contributed by atoms with E-state index < -0.39 is 23.3 Å². The highest BCUT2D eigenvalue weighted by Crippen LogP contribution is 2.23. The Labute approximate surface area is 179 Å². The van der Waals surface area contributed by atoms with Gasteiger partial charge >= 0.3 is 5.97 Å². The molecular formula is C24H34O6. The Morgan fingerprint density at radius 2 is 1.43 bits per heavy atom. The van der Waals surface area contributed by atoms with E-state index in [1.807, 2.05) is 0 Å². The van der Waals surface area contributed by atoms with Crippen molar-refractivity contribution in [3.8, 4) is 0 Å². The number of aliphatic carboxylic acids is 1. The van der Waals surface area contributed by atoms with Gasteiger partial charge in [-0.25, -0.2) is 4.79 Å². The number of unbranched alkanes of at least 4 members (excludes halogenated alkanes) is 9. The monoisotopic (exact) mass is 418 g/mol. The van der Waals surface area contributed by atoms with E-state index in [4.69, 9.17) is 9.84 Å². The number of aliphatic hydroxyl groups excluding tert-OH is 1. The third-order valence-corrected chi connectivity index (χ3v) is 4.97. The maximum atomic E-state index is 12.1. The van der Waals surface area contributed by atoms with Crippen LogP contribution in [-0.2, 0) is 19.1 Å². The van der Waals surface area contributed by atoms with Gasteiger partial charge in [0.05, 0.1) is 7.11 Å². The van der Waals surface area contributed by atoms with Gasteiger partial charge in [0.15, 0.2) is 11.5 Å². The maximum absolute atomic E-state index is 12.1. The molecule has 0 aromatic carbocycles. The summed E-state index contributed by atoms with van der Waals surface area (Å²) in [7, 11) is 1.34. The highest BCUT2D eigenvalue weighted by atomic mass is 16.5. The highest BCUT2D eigenvalue weighted by molar-refractivity contribution is 6.20. The van der Waals surface area contributed by atoms with Crippen molar-refractivity contribution in [1.82, 2.24) is 0 Å². The number of carboxylic acids is 1. The summed E-state index contributed by atoms with van der Waals surface area (Å²) in [5, 5.41) is 18.3. The zero-order chi connectivity index (χ0) is 22.2. The second-order valence-corrected chi connectivity index (χ2v) is 7.39. The number of rotatable bonds is 16. The summed E-state index contributed by atoms with van der Waals surface area (Å²) in [6, 6.07) is 0. The molecule has 0 aromatic heterocycles. The number of ether oxygens (including phenoxy) is 1. The second-order valence-electron chi connectivity index (χ2n) is 7.39. The molecule has 0 aromatic rings. The average Bonchev–Trinajstić information content (AvgIpc) is 2.72. The number of carbonyl (C=O) groups is 3. The molecule has 30 heavy (non-hydrogen) atoms. The quantitative estimate of drug-likeness (QED) is 0.151. The lowest BCUT2D eigenvalue weighted by atomic mass is 9.94. The number of ketones is 2. The van der Waals surface area contributed by atoms with Crippen molar-refractivity contribution in [3.63, 3.8) is 0 Å². The van der Waals surface area contributed by atoms with Gasteiger partial charge in [-0.05, 0) is 51.4 Å². The SMILES string of the molecule is COC1=CC(=O)C(O)=C(CCCCCCCC=CCCCCCC=CC(=O)O)C1=O. The van der Waals surface area contributed by atoms with E-state index in [-0.39, 0.29) is 11.3 Å². The van der Waals surface area contributed by atoms with Crippen LogP contribution in [0, 0.1) is 0 Å². The normalized spacial score (nSPS) is 14.8. The number of hydrogen-bond acceptors (Lipinski definition) is 5. The molecule has 0 saturated heterocycles. The van der Waals surface area contributed by atoms with Crippen molar-refractivity contribution in [2.24, 2.45) is 0 Å². The maximum Gasteiger partial charge on any atom is 0.327 e. The highest BCUT2D eigenvalue weighted by Gasteiger charge is 2.28. The molecule has 166 valence electrons. The molecule has 0 heterocycles. The number of carbonyl (C=O) groups excluding carboxylic acids is 2. The summed E-state index contributed by atoms with van der Waals surface area (Å²) >= 11 is 0. The van der Waals surface area contributed by atoms with E-state index in [9.17, 15) is 19.5 Å². The van der Waals surface area contributed by atoms with Crippen LogP contribution in [0.4, 0.5) is 0 Å². The van der Waals surface area contributed by atoms with Crippen LogP contribution in [0.15, 0.2) is 47.5 Å². The summed E-state index contributed by atoms with van der Waals surface area (Å²) in [6.45, 7) is 0. The molecule has 0 amide bonds. The second kappa shape index (κ2) is 15.2. The molecule has 1 aliphatic carbocycles. The molecule has 0 spiro atoms. The fourth-order valence-corrected chi connectivity index (χ4v) is 3.26. The summed E-state index contributed by atoms with van der Waals surface area (Å²) in [6.07, 6.45) is 20.0. The number of carboxylic acid groups (broad SMARTS) is 1. The van der Waals surface area contributed by atoms with Crippen molar-refractivity contribution < 1.29 is 29.3 Å². The van der Waals surface area contributed by atoms with Gasteiger partial charge in [0, 0.05) is 17.7 Å². The van der Waals surface area contributed by atoms with E-state index in [0.29, 0.717) is 6.42 Å². The molecular weight excluding hydrogens is 384 g/mol. The van der Waals surface area contributed by atoms with Gasteiger partial charge in [-0.2, -0.15) is 0 Å². The minimum Gasteiger partial charge on any atom is -0.504 e. The summed E-state index contributed by atoms with van der Waals surface area (Å²) in [4.78, 5) is 34.1. The number of hydrogen-bond donors (Lipinski definition) is 2. The van der Waals surface area contributed by atoms with Gasteiger partial charge in [-0.1, -0.05) is 43.9 Å². The van der Waals surface area contributed by atoms with Crippen LogP contribution in [0.2, 0.25) is 0 Å². The Hall–Kier alpha value is -2.63. The van der Waals surface area contributed by atoms with Crippen molar-refractivity contribution in [1.29, 1.82) is 0 Å². The van der Waals surface area contributed by atoms with E-state index >= 15 is 0 Å². The Bertz CT molecular complexity index is 696. The first-order chi connectivity index (χ1) is 14.5. The number of methoxy groups -OCH3 is 1. The third kappa shape index (κ3) is 10.2. The lowest BCUT2D eigenvalue weighted by molar-refractivity contribution is -0.131. The topological polar surface area (TPSA) is 101 Å². The van der Waals surface area contributed by atoms with Crippen LogP contribution in [0.5, 0.6) is 0 Å². The first-order valence-corrected chi connectivity index (χ1v) is 10.8. The molecule has 0 saturated carbocycles. The Morgan fingerprint density at radius 1 is 0.900 bits per heavy atom. The fourth-order valence-electron chi connectivity index (χ4n) is 3.26. The minimum atomic E-state index is -0.886. The number of Topliss-reactive ketones (excluding diaryl/α,β-unsaturated/α-hetero) is 1. The lowest BCUT2D eigenvalue weighted by Gasteiger charge is -2.14. The van der Waals surface area contributed by atoms with Crippen LogP contribution in [-0.4, -0.2) is 34.9 Å². The van der Waals surface area contributed by atoms with E-state index in [1.54, 1.807) is 6.08 Å². The Kier molecular flexibility index (Phi) is 12.9. The molecule has 6 heteroatoms. The van der Waals surface area contributed by atoms with E-state index in [0.717, 1.165) is 76.7 Å². The van der Waals surface area contributed by atoms with Gasteiger partial charge in [0.1, 0.15) is 0 Å². The molecule has 0 aliphatic heterocycles. The Morgan fingerprint density at radius 3 is 2.03 bits per heavy atom. The smallest absolute Gasteiger partial charge is 0.327 e. The Balaban J connectivity index is 2.02. The van der Waals surface area contributed by atoms with E-state index in [2.05, 4.69) is 12.2 Å². The van der Waals surface area contributed by atoms with Crippen LogP contribution in [0.1, 0.15) is 77.0 Å². The summed E-state index contributed by atoms with van der Waals surface area (Å²) in [5.41, 5.74) is 0.167. The summed E-state index contributed by atoms with van der Waals surface area (Å²) in [5.74, 6) is -2.29. The number of allylic oxidation sites excluding steroid dienone is 5. The first kappa shape index (κ1) is 25.4. The molecule has 2 N–H and O–H groups in total. The molecule has 0 atom stereocenters. The van der Waals surface area contributed by atoms with Gasteiger partial charge in [-0.15, -0.1) is 0 Å². The van der Waals surface area contributed by atoms with Gasteiger partial charge in [-0.3, -0.25) is 9.59 Å². The molecule has 0 radical (unpaired) electrons. The van der Waals surface area contributed by atoms with Crippen LogP contribution in [0.3, 0.4) is 0 Å². The molecule has 0 unspecified atom stereocenters. The van der Waals surface area contributed by atoms with Crippen molar-refractivity contribution in [2.45, 2.75) is 77.0 Å². The summed E-state index contributed by atoms with van der Waals surface area (Å²) < 4.78 is 4.91. The average molecular weight is 419 g/mol. The number of aliphatic hydroxyl groups is 1. The van der Waals surface area contributed by atoms with Crippen LogP contribution >= 0.6 is 0 Å². The standard InChI is InChI=1S/C24H34O6/c1-30-21-18-20(25)23(28)19(24(21)29)16-14-12-10-8-6-4-2-3-5-7-9-11-13-15-17-22(26)27/h2-3,15,17-18,28H,4-14,16H2,1H3,(H,26,27). The minimum absolute atomic E-state index is 0.00499. The first-order valence-electron chi connectivity index (χ1n) is 10.8. The largest absolute Gasteiger partial charge is 0.504 e. The predicted octanol–water partition coefficient (Wildman–Crippen LogP) is 5.36. The molecule has 6 nitrogen and oxygen atoms in total. The van der Waals surface area contributed by atoms with Crippen molar-refractivity contribution in [2.75, 3.05) is 7.11 Å². The van der Waals surface area contributed by atoms with Crippen molar-refractivity contribution in [3.05, 3.63) is 47.5 Å². The molecule has 0 bridgehead atoms. The van der Waals surface area contributed by atoms with Gasteiger partial charge in [0.25, 0.3) is 0 Å². The van der Waals surface area contributed by atoms with Gasteiger partial charge in [0.2, 0.25) is 11.6 Å². The zero-order valence-corrected chi connectivity index (χ0v) is 17.9. The zero-order valence-electron chi connectivity index (χ0n) is 17.9. The van der Waals surface area contributed by atoms with Gasteiger partial charge < -0.3 is 14.9 Å². The molecule has 1 aliphatic rings. The molecule has 0 fully saturated rings. The molecule has 1 rings (SSSR count).